The number of carbonyl (C=O) groups excluding carboxylic acids is 1. The normalized spacial score (nSPS) is 10.7. The number of pyridine rings is 1. The fourth-order valence-corrected chi connectivity index (χ4v) is 2.92. The van der Waals surface area contributed by atoms with Gasteiger partial charge < -0.3 is 25.0 Å². The first-order valence-corrected chi connectivity index (χ1v) is 10.4. The first-order chi connectivity index (χ1) is 15.1. The molecule has 2 N–H and O–H groups in total. The van der Waals surface area contributed by atoms with Gasteiger partial charge in [-0.3, -0.25) is 9.78 Å². The summed E-state index contributed by atoms with van der Waals surface area (Å²) in [5, 5.41) is 6.45. The molecular formula is C23H34IN5O3. The molecule has 2 rings (SSSR count). The van der Waals surface area contributed by atoms with E-state index in [4.69, 9.17) is 9.47 Å². The molecule has 176 valence electrons. The van der Waals surface area contributed by atoms with Crippen LogP contribution in [0, 0.1) is 0 Å². The summed E-state index contributed by atoms with van der Waals surface area (Å²) in [6, 6.07) is 11.7. The molecule has 0 spiro atoms. The molecule has 9 heteroatoms. The molecule has 0 saturated heterocycles. The summed E-state index contributed by atoms with van der Waals surface area (Å²) >= 11 is 0. The summed E-state index contributed by atoms with van der Waals surface area (Å²) < 4.78 is 10.6. The Hall–Kier alpha value is -2.56. The Balaban J connectivity index is 0.00000512. The van der Waals surface area contributed by atoms with Crippen molar-refractivity contribution in [3.8, 4) is 11.5 Å². The number of aliphatic imine (C=N–C) groups is 1. The van der Waals surface area contributed by atoms with Crippen molar-refractivity contribution >= 4 is 35.8 Å². The van der Waals surface area contributed by atoms with Gasteiger partial charge in [0.15, 0.2) is 17.5 Å². The zero-order valence-corrected chi connectivity index (χ0v) is 21.6. The zero-order valence-electron chi connectivity index (χ0n) is 19.3. The van der Waals surface area contributed by atoms with E-state index in [1.54, 1.807) is 32.4 Å². The predicted molar refractivity (Wildman–Crippen MR) is 138 cm³/mol. The maximum absolute atomic E-state index is 12.4. The summed E-state index contributed by atoms with van der Waals surface area (Å²) in [5.41, 5.74) is 2.09. The van der Waals surface area contributed by atoms with E-state index in [1.807, 2.05) is 43.3 Å². The van der Waals surface area contributed by atoms with E-state index in [1.165, 1.54) is 0 Å². The van der Waals surface area contributed by atoms with Gasteiger partial charge in [-0.1, -0.05) is 12.1 Å². The highest BCUT2D eigenvalue weighted by Gasteiger charge is 2.09. The number of guanidine groups is 1. The third-order valence-corrected chi connectivity index (χ3v) is 4.73. The minimum absolute atomic E-state index is 0. The largest absolute Gasteiger partial charge is 0.493 e. The van der Waals surface area contributed by atoms with Crippen molar-refractivity contribution < 1.29 is 14.3 Å². The fourth-order valence-electron chi connectivity index (χ4n) is 2.92. The molecule has 1 aromatic heterocycles. The lowest BCUT2D eigenvalue weighted by Crippen LogP contribution is -2.39. The van der Waals surface area contributed by atoms with Crippen molar-refractivity contribution in [1.82, 2.24) is 20.5 Å². The molecule has 1 amide bonds. The van der Waals surface area contributed by atoms with Crippen LogP contribution in [-0.2, 0) is 17.6 Å². The fraction of sp³-hybridized carbons (Fsp3) is 0.435. The van der Waals surface area contributed by atoms with Crippen LogP contribution < -0.4 is 20.1 Å². The van der Waals surface area contributed by atoms with Crippen molar-refractivity contribution in [3.63, 3.8) is 0 Å². The number of ether oxygens (including phenoxy) is 2. The molecule has 0 fully saturated rings. The van der Waals surface area contributed by atoms with Gasteiger partial charge in [0.25, 0.3) is 0 Å². The van der Waals surface area contributed by atoms with Crippen LogP contribution in [-0.4, -0.2) is 69.2 Å². The predicted octanol–water partition coefficient (Wildman–Crippen LogP) is 2.52. The summed E-state index contributed by atoms with van der Waals surface area (Å²) in [7, 11) is 5.04. The molecule has 32 heavy (non-hydrogen) atoms. The van der Waals surface area contributed by atoms with E-state index >= 15 is 0 Å². The van der Waals surface area contributed by atoms with Gasteiger partial charge in [-0.25, -0.2) is 4.99 Å². The highest BCUT2D eigenvalue weighted by atomic mass is 127. The molecule has 8 nitrogen and oxygen atoms in total. The van der Waals surface area contributed by atoms with Gasteiger partial charge in [0.05, 0.1) is 14.2 Å². The monoisotopic (exact) mass is 555 g/mol. The molecule has 0 aliphatic heterocycles. The van der Waals surface area contributed by atoms with Crippen LogP contribution in [0.3, 0.4) is 0 Å². The number of halogens is 1. The number of hydrogen-bond acceptors (Lipinski definition) is 5. The van der Waals surface area contributed by atoms with Crippen LogP contribution in [0.2, 0.25) is 0 Å². The summed E-state index contributed by atoms with van der Waals surface area (Å²) in [5.74, 6) is 2.00. The number of hydrogen-bond donors (Lipinski definition) is 2. The van der Waals surface area contributed by atoms with Crippen molar-refractivity contribution in [2.75, 3.05) is 47.4 Å². The Morgan fingerprint density at radius 2 is 1.88 bits per heavy atom. The molecule has 0 aliphatic carbocycles. The third-order valence-electron chi connectivity index (χ3n) is 4.73. The van der Waals surface area contributed by atoms with Crippen molar-refractivity contribution in [2.45, 2.75) is 19.8 Å². The van der Waals surface area contributed by atoms with E-state index in [0.29, 0.717) is 37.1 Å². The lowest BCUT2D eigenvalue weighted by molar-refractivity contribution is -0.128. The van der Waals surface area contributed by atoms with Crippen molar-refractivity contribution in [3.05, 3.63) is 53.9 Å². The van der Waals surface area contributed by atoms with Gasteiger partial charge in [0.1, 0.15) is 6.54 Å². The van der Waals surface area contributed by atoms with E-state index < -0.39 is 0 Å². The second-order valence-corrected chi connectivity index (χ2v) is 6.95. The highest BCUT2D eigenvalue weighted by Crippen LogP contribution is 2.27. The summed E-state index contributed by atoms with van der Waals surface area (Å²) in [4.78, 5) is 22.8. The Kier molecular flexibility index (Phi) is 13.1. The van der Waals surface area contributed by atoms with Gasteiger partial charge in [-0.05, 0) is 43.2 Å². The zero-order chi connectivity index (χ0) is 22.5. The molecule has 0 radical (unpaired) electrons. The van der Waals surface area contributed by atoms with Crippen LogP contribution in [0.25, 0.3) is 0 Å². The van der Waals surface area contributed by atoms with Crippen LogP contribution in [0.5, 0.6) is 11.5 Å². The smallest absolute Gasteiger partial charge is 0.244 e. The summed E-state index contributed by atoms with van der Waals surface area (Å²) in [6.45, 7) is 4.07. The van der Waals surface area contributed by atoms with Crippen molar-refractivity contribution in [2.24, 2.45) is 4.99 Å². The Labute approximate surface area is 207 Å². The van der Waals surface area contributed by atoms with Gasteiger partial charge >= 0.3 is 0 Å². The highest BCUT2D eigenvalue weighted by molar-refractivity contribution is 14.0. The van der Waals surface area contributed by atoms with Crippen LogP contribution in [0.15, 0.2) is 47.6 Å². The average Bonchev–Trinajstić information content (AvgIpc) is 2.81. The topological polar surface area (TPSA) is 88.1 Å². The van der Waals surface area contributed by atoms with Gasteiger partial charge in [0, 0.05) is 45.0 Å². The van der Waals surface area contributed by atoms with Crippen LogP contribution in [0.1, 0.15) is 18.2 Å². The first kappa shape index (κ1) is 27.5. The number of methoxy groups -OCH3 is 2. The van der Waals surface area contributed by atoms with Crippen molar-refractivity contribution in [1.29, 1.82) is 0 Å². The quantitative estimate of drug-likeness (QED) is 0.252. The van der Waals surface area contributed by atoms with E-state index in [2.05, 4.69) is 20.6 Å². The average molecular weight is 555 g/mol. The number of likely N-dealkylation sites (N-methyl/N-ethyl adjacent to an activating group) is 1. The molecule has 0 saturated carbocycles. The number of amides is 1. The lowest BCUT2D eigenvalue weighted by atomic mass is 10.1. The minimum Gasteiger partial charge on any atom is -0.493 e. The maximum Gasteiger partial charge on any atom is 0.244 e. The van der Waals surface area contributed by atoms with Crippen LogP contribution in [0.4, 0.5) is 0 Å². The molecule has 0 atom stereocenters. The van der Waals surface area contributed by atoms with E-state index in [-0.39, 0.29) is 36.4 Å². The van der Waals surface area contributed by atoms with E-state index in [0.717, 1.165) is 24.1 Å². The second-order valence-electron chi connectivity index (χ2n) is 6.95. The number of carbonyl (C=O) groups is 1. The minimum atomic E-state index is -0.0342. The molecule has 1 aromatic carbocycles. The first-order valence-electron chi connectivity index (χ1n) is 10.4. The number of benzene rings is 1. The van der Waals surface area contributed by atoms with Crippen LogP contribution >= 0.6 is 24.0 Å². The molecular weight excluding hydrogens is 521 g/mol. The molecule has 0 unspecified atom stereocenters. The number of rotatable bonds is 11. The lowest BCUT2D eigenvalue weighted by Gasteiger charge is -2.17. The standard InChI is InChI=1S/C23H33N5O3.HI/c1-5-24-23(26-14-11-18-9-10-20(30-3)21(16-18)31-4)27-17-22(29)28(2)15-12-19-8-6-7-13-25-19;/h6-10,13,16H,5,11-12,14-15,17H2,1-4H3,(H2,24,26,27);1H. The number of nitrogens with zero attached hydrogens (tertiary/aromatic N) is 3. The Morgan fingerprint density at radius 1 is 1.09 bits per heavy atom. The Morgan fingerprint density at radius 3 is 2.53 bits per heavy atom. The van der Waals surface area contributed by atoms with Gasteiger partial charge in [-0.2, -0.15) is 0 Å². The number of aromatic nitrogens is 1. The molecule has 1 heterocycles. The maximum atomic E-state index is 12.4. The van der Waals surface area contributed by atoms with E-state index in [9.17, 15) is 4.79 Å². The Bertz CT molecular complexity index is 849. The number of nitrogens with one attached hydrogen (secondary N) is 2. The SMILES string of the molecule is CCNC(=NCC(=O)N(C)CCc1ccccn1)NCCc1ccc(OC)c(OC)c1.I. The molecule has 2 aromatic rings. The second kappa shape index (κ2) is 15.3. The summed E-state index contributed by atoms with van der Waals surface area (Å²) in [6.07, 6.45) is 3.26. The molecule has 0 aliphatic rings. The third kappa shape index (κ3) is 9.29. The van der Waals surface area contributed by atoms with Gasteiger partial charge in [-0.15, -0.1) is 24.0 Å². The molecule has 0 bridgehead atoms. The van der Waals surface area contributed by atoms with Gasteiger partial charge in [0.2, 0.25) is 5.91 Å².